The van der Waals surface area contributed by atoms with Crippen molar-refractivity contribution in [1.29, 1.82) is 0 Å². The molecule has 0 saturated heterocycles. The van der Waals surface area contributed by atoms with Crippen molar-refractivity contribution in [1.82, 2.24) is 4.98 Å². The molecule has 3 aromatic carbocycles. The standard InChI is InChI=1S/C21H15FN.C11H20O2.Ir/c1-13-9-14(2)11-15(10-13)21-18-8-7-16(22)12-19(18)17-5-3-4-6-20(17)23-21;1-10(2,3)8(12)7-9(13)11(4,5)6;/h3-10,12H,1-2H3;7,12H,1-6H3;/q-1;;/b;8-7-;. The molecule has 1 heterocycles. The number of allylic oxidation sites excluding steroid dienone is 2. The second-order valence-electron chi connectivity index (χ2n) is 11.3. The number of hydrogen-bond donors (Lipinski definition) is 1. The zero-order valence-corrected chi connectivity index (χ0v) is 25.2. The Labute approximate surface area is 233 Å². The predicted molar refractivity (Wildman–Crippen MR) is 148 cm³/mol. The molecule has 1 radical (unpaired) electrons. The van der Waals surface area contributed by atoms with Crippen molar-refractivity contribution < 1.29 is 34.4 Å². The van der Waals surface area contributed by atoms with Gasteiger partial charge in [-0.1, -0.05) is 79.7 Å². The number of rotatable bonds is 2. The molecular weight excluding hydrogens is 642 g/mol. The van der Waals surface area contributed by atoms with Gasteiger partial charge >= 0.3 is 0 Å². The third kappa shape index (κ3) is 7.56. The summed E-state index contributed by atoms with van der Waals surface area (Å²) in [7, 11) is 0. The Bertz CT molecular complexity index is 1440. The summed E-state index contributed by atoms with van der Waals surface area (Å²) in [4.78, 5) is 16.3. The summed E-state index contributed by atoms with van der Waals surface area (Å²) in [5.74, 6) is -0.128. The molecule has 0 aliphatic carbocycles. The fourth-order valence-corrected chi connectivity index (χ4v) is 3.71. The van der Waals surface area contributed by atoms with E-state index in [-0.39, 0.29) is 42.9 Å². The second-order valence-corrected chi connectivity index (χ2v) is 11.3. The maximum absolute atomic E-state index is 13.8. The van der Waals surface area contributed by atoms with Crippen molar-refractivity contribution in [3.63, 3.8) is 0 Å². The van der Waals surface area contributed by atoms with Crippen LogP contribution in [-0.4, -0.2) is 15.9 Å². The van der Waals surface area contributed by atoms with E-state index < -0.39 is 5.41 Å². The molecule has 5 heteroatoms. The fourth-order valence-electron chi connectivity index (χ4n) is 3.71. The minimum atomic E-state index is -0.417. The molecule has 0 amide bonds. The van der Waals surface area contributed by atoms with Crippen LogP contribution in [0.3, 0.4) is 0 Å². The molecule has 0 fully saturated rings. The largest absolute Gasteiger partial charge is 0.512 e. The third-order valence-corrected chi connectivity index (χ3v) is 5.84. The molecule has 4 rings (SSSR count). The Kier molecular flexibility index (Phi) is 9.57. The summed E-state index contributed by atoms with van der Waals surface area (Å²) >= 11 is 0. The molecule has 1 N–H and O–H groups in total. The van der Waals surface area contributed by atoms with E-state index >= 15 is 0 Å². The van der Waals surface area contributed by atoms with E-state index in [1.54, 1.807) is 6.07 Å². The monoisotopic (exact) mass is 677 g/mol. The number of aliphatic hydroxyl groups is 1. The molecule has 197 valence electrons. The number of nitrogens with zero attached hydrogens (tertiary/aromatic N) is 1. The molecule has 0 aliphatic rings. The van der Waals surface area contributed by atoms with Gasteiger partial charge in [0.1, 0.15) is 11.6 Å². The van der Waals surface area contributed by atoms with Gasteiger partial charge in [0.15, 0.2) is 5.78 Å². The molecule has 37 heavy (non-hydrogen) atoms. The third-order valence-electron chi connectivity index (χ3n) is 5.84. The van der Waals surface area contributed by atoms with Gasteiger partial charge in [0.05, 0.1) is 5.52 Å². The smallest absolute Gasteiger partial charge is 0.164 e. The number of fused-ring (bicyclic) bond motifs is 3. The second kappa shape index (κ2) is 11.7. The van der Waals surface area contributed by atoms with Crippen LogP contribution in [0.4, 0.5) is 4.39 Å². The number of aliphatic hydroxyl groups excluding tert-OH is 1. The number of pyridine rings is 1. The van der Waals surface area contributed by atoms with E-state index in [0.717, 1.165) is 38.5 Å². The summed E-state index contributed by atoms with van der Waals surface area (Å²) in [5, 5.41) is 12.4. The maximum atomic E-state index is 13.8. The quantitative estimate of drug-likeness (QED) is 0.100. The van der Waals surface area contributed by atoms with E-state index in [1.807, 2.05) is 78.8 Å². The summed E-state index contributed by atoms with van der Waals surface area (Å²) in [6, 6.07) is 20.3. The Balaban J connectivity index is 0.000000299. The van der Waals surface area contributed by atoms with Crippen molar-refractivity contribution in [2.24, 2.45) is 10.8 Å². The summed E-state index contributed by atoms with van der Waals surface area (Å²) in [5.41, 5.74) is 4.15. The number of hydrogen-bond acceptors (Lipinski definition) is 3. The molecule has 0 saturated carbocycles. The van der Waals surface area contributed by atoms with Gasteiger partial charge < -0.3 is 5.11 Å². The summed E-state index contributed by atoms with van der Waals surface area (Å²) in [6.45, 7) is 15.2. The van der Waals surface area contributed by atoms with E-state index in [2.05, 4.69) is 25.1 Å². The molecule has 1 aromatic heterocycles. The van der Waals surface area contributed by atoms with Crippen LogP contribution in [-0.2, 0) is 24.9 Å². The first kappa shape index (κ1) is 30.3. The Hall–Kier alpha value is -2.88. The average molecular weight is 677 g/mol. The van der Waals surface area contributed by atoms with Gasteiger partial charge in [-0.2, -0.15) is 0 Å². The van der Waals surface area contributed by atoms with Crippen molar-refractivity contribution in [3.8, 4) is 11.3 Å². The first-order valence-electron chi connectivity index (χ1n) is 12.1. The van der Waals surface area contributed by atoms with E-state index in [1.165, 1.54) is 17.7 Å². The van der Waals surface area contributed by atoms with Crippen LogP contribution in [0.2, 0.25) is 0 Å². The van der Waals surface area contributed by atoms with Gasteiger partial charge in [-0.05, 0) is 34.7 Å². The molecule has 0 atom stereocenters. The number of aryl methyl sites for hydroxylation is 2. The van der Waals surface area contributed by atoms with Crippen molar-refractivity contribution in [2.75, 3.05) is 0 Å². The predicted octanol–water partition coefficient (Wildman–Crippen LogP) is 8.70. The van der Waals surface area contributed by atoms with Crippen LogP contribution in [0.1, 0.15) is 52.7 Å². The molecule has 0 spiro atoms. The number of carbonyl (C=O) groups excluding carboxylic acids is 1. The maximum Gasteiger partial charge on any atom is 0.164 e. The molecule has 3 nitrogen and oxygen atoms in total. The van der Waals surface area contributed by atoms with Gasteiger partial charge in [0.25, 0.3) is 0 Å². The average Bonchev–Trinajstić information content (AvgIpc) is 2.77. The van der Waals surface area contributed by atoms with E-state index in [9.17, 15) is 14.3 Å². The number of ketones is 1. The van der Waals surface area contributed by atoms with Crippen LogP contribution in [0.25, 0.3) is 32.9 Å². The minimum absolute atomic E-state index is 0. The van der Waals surface area contributed by atoms with Crippen LogP contribution in [0, 0.1) is 36.6 Å². The molecule has 4 aromatic rings. The Morgan fingerprint density at radius 1 is 0.892 bits per heavy atom. The number of benzene rings is 3. The first-order valence-corrected chi connectivity index (χ1v) is 12.1. The van der Waals surface area contributed by atoms with Crippen molar-refractivity contribution in [2.45, 2.75) is 55.4 Å². The molecule has 0 bridgehead atoms. The van der Waals surface area contributed by atoms with E-state index in [4.69, 9.17) is 4.98 Å². The normalized spacial score (nSPS) is 12.1. The van der Waals surface area contributed by atoms with Gasteiger partial charge in [-0.15, -0.1) is 34.9 Å². The van der Waals surface area contributed by atoms with Crippen LogP contribution < -0.4 is 0 Å². The zero-order valence-electron chi connectivity index (χ0n) is 22.8. The summed E-state index contributed by atoms with van der Waals surface area (Å²) in [6.07, 6.45) is 1.33. The number of para-hydroxylation sites is 1. The Morgan fingerprint density at radius 3 is 2.14 bits per heavy atom. The number of aromatic nitrogens is 1. The van der Waals surface area contributed by atoms with Gasteiger partial charge in [-0.3, -0.25) is 9.78 Å². The molecule has 0 unspecified atom stereocenters. The number of carbonyl (C=O) groups is 1. The van der Waals surface area contributed by atoms with Crippen molar-refractivity contribution >= 4 is 27.5 Å². The zero-order chi connectivity index (χ0) is 26.8. The van der Waals surface area contributed by atoms with Gasteiger partial charge in [0, 0.05) is 42.4 Å². The topological polar surface area (TPSA) is 50.2 Å². The van der Waals surface area contributed by atoms with Crippen LogP contribution in [0.5, 0.6) is 0 Å². The fraction of sp³-hybridized carbons (Fsp3) is 0.312. The SMILES string of the molecule is CC(C)(C)C(=O)/C=C(\O)C(C)(C)C.Cc1[c-]c(-c2nc3ccccc3c3cc(F)ccc23)cc(C)c1.[Ir]. The molecule has 0 aliphatic heterocycles. The van der Waals surface area contributed by atoms with Gasteiger partial charge in [-0.25, -0.2) is 4.39 Å². The summed E-state index contributed by atoms with van der Waals surface area (Å²) < 4.78 is 13.8. The minimum Gasteiger partial charge on any atom is -0.512 e. The molecular formula is C32H35FIrNO2-. The van der Waals surface area contributed by atoms with Crippen LogP contribution >= 0.6 is 0 Å². The van der Waals surface area contributed by atoms with Crippen LogP contribution in [0.15, 0.2) is 66.4 Å². The number of halogens is 1. The van der Waals surface area contributed by atoms with Gasteiger partial charge in [0.2, 0.25) is 0 Å². The Morgan fingerprint density at radius 2 is 1.54 bits per heavy atom. The van der Waals surface area contributed by atoms with Crippen molar-refractivity contribution in [3.05, 3.63) is 89.4 Å². The van der Waals surface area contributed by atoms with E-state index in [0.29, 0.717) is 0 Å². The first-order chi connectivity index (χ1) is 16.7.